The van der Waals surface area contributed by atoms with Crippen LogP contribution < -0.4 is 5.32 Å². The van der Waals surface area contributed by atoms with Crippen molar-refractivity contribution in [2.75, 3.05) is 19.8 Å². The second kappa shape index (κ2) is 10.9. The van der Waals surface area contributed by atoms with E-state index in [2.05, 4.69) is 21.8 Å². The highest BCUT2D eigenvalue weighted by atomic mass is 127. The zero-order valence-corrected chi connectivity index (χ0v) is 19.2. The second-order valence-electron chi connectivity index (χ2n) is 5.88. The topological polar surface area (TPSA) is 61.8 Å². The molecule has 0 aliphatic carbocycles. The first-order valence-electron chi connectivity index (χ1n) is 8.19. The molecule has 0 radical (unpaired) electrons. The van der Waals surface area contributed by atoms with Crippen LogP contribution in [0.1, 0.15) is 18.9 Å². The highest BCUT2D eigenvalue weighted by Crippen LogP contribution is 2.13. The van der Waals surface area contributed by atoms with Gasteiger partial charge in [-0.05, 0) is 40.9 Å². The maximum absolute atomic E-state index is 12.6. The van der Waals surface area contributed by atoms with Crippen LogP contribution in [0.4, 0.5) is 0 Å². The fourth-order valence-electron chi connectivity index (χ4n) is 2.51. The van der Waals surface area contributed by atoms with E-state index in [1.54, 1.807) is 42.6 Å². The molecular weight excluding hydrogens is 481 g/mol. The number of rotatable bonds is 7. The molecular formula is C18H26IN3O2S2. The van der Waals surface area contributed by atoms with Crippen LogP contribution in [-0.2, 0) is 16.4 Å². The fraction of sp³-hybridized carbons (Fsp3) is 0.389. The average molecular weight is 507 g/mol. The van der Waals surface area contributed by atoms with Gasteiger partial charge in [-0.25, -0.2) is 8.42 Å². The highest BCUT2D eigenvalue weighted by Gasteiger charge is 2.21. The summed E-state index contributed by atoms with van der Waals surface area (Å²) >= 11 is 1.66. The number of thiophene rings is 1. The first-order valence-corrected chi connectivity index (χ1v) is 10.8. The van der Waals surface area contributed by atoms with Crippen LogP contribution in [-0.4, -0.2) is 45.2 Å². The van der Waals surface area contributed by atoms with E-state index in [9.17, 15) is 8.42 Å². The number of halogens is 1. The SMILES string of the molecule is CCC(CS(=O)(=O)c1ccccc1)NC(=NC)N(C)Cc1ccsc1.I. The lowest BCUT2D eigenvalue weighted by Crippen LogP contribution is -2.46. The lowest BCUT2D eigenvalue weighted by molar-refractivity contribution is 0.461. The van der Waals surface area contributed by atoms with Gasteiger partial charge in [-0.2, -0.15) is 11.3 Å². The van der Waals surface area contributed by atoms with E-state index < -0.39 is 9.84 Å². The Hall–Kier alpha value is -1.13. The van der Waals surface area contributed by atoms with Crippen LogP contribution in [0, 0.1) is 0 Å². The minimum Gasteiger partial charge on any atom is -0.352 e. The predicted molar refractivity (Wildman–Crippen MR) is 120 cm³/mol. The first kappa shape index (κ1) is 22.9. The van der Waals surface area contributed by atoms with Crippen LogP contribution in [0.15, 0.2) is 57.0 Å². The van der Waals surface area contributed by atoms with Gasteiger partial charge in [0.1, 0.15) is 0 Å². The molecule has 1 aromatic heterocycles. The van der Waals surface area contributed by atoms with Crippen molar-refractivity contribution in [3.05, 3.63) is 52.7 Å². The van der Waals surface area contributed by atoms with E-state index in [1.807, 2.05) is 30.3 Å². The number of guanidine groups is 1. The summed E-state index contributed by atoms with van der Waals surface area (Å²) in [4.78, 5) is 6.66. The molecule has 144 valence electrons. The fourth-order valence-corrected chi connectivity index (χ4v) is 4.78. The zero-order chi connectivity index (χ0) is 18.3. The summed E-state index contributed by atoms with van der Waals surface area (Å²) < 4.78 is 25.2. The van der Waals surface area contributed by atoms with Gasteiger partial charge in [0.2, 0.25) is 0 Å². The van der Waals surface area contributed by atoms with E-state index in [-0.39, 0.29) is 35.8 Å². The quantitative estimate of drug-likeness (QED) is 0.353. The third kappa shape index (κ3) is 6.55. The van der Waals surface area contributed by atoms with E-state index in [1.165, 1.54) is 5.56 Å². The second-order valence-corrected chi connectivity index (χ2v) is 8.69. The Morgan fingerprint density at radius 3 is 2.50 bits per heavy atom. The summed E-state index contributed by atoms with van der Waals surface area (Å²) in [6.07, 6.45) is 0.692. The lowest BCUT2D eigenvalue weighted by Gasteiger charge is -2.26. The molecule has 1 aromatic carbocycles. The number of nitrogens with one attached hydrogen (secondary N) is 1. The molecule has 0 saturated heterocycles. The minimum absolute atomic E-state index is 0. The third-order valence-corrected chi connectivity index (χ3v) is 6.49. The number of aliphatic imine (C=N–C) groups is 1. The summed E-state index contributed by atoms with van der Waals surface area (Å²) in [5.41, 5.74) is 1.21. The number of nitrogens with zero attached hydrogens (tertiary/aromatic N) is 2. The Morgan fingerprint density at radius 1 is 1.27 bits per heavy atom. The normalized spacial score (nSPS) is 13.0. The maximum atomic E-state index is 12.6. The molecule has 1 unspecified atom stereocenters. The molecule has 0 aliphatic heterocycles. The molecule has 26 heavy (non-hydrogen) atoms. The Balaban J connectivity index is 0.00000338. The summed E-state index contributed by atoms with van der Waals surface area (Å²) in [6, 6.07) is 10.5. The number of benzene rings is 1. The van der Waals surface area contributed by atoms with E-state index in [0.29, 0.717) is 17.3 Å². The van der Waals surface area contributed by atoms with E-state index in [4.69, 9.17) is 0 Å². The lowest BCUT2D eigenvalue weighted by atomic mass is 10.2. The Kier molecular flexibility index (Phi) is 9.59. The molecule has 0 bridgehead atoms. The molecule has 2 rings (SSSR count). The molecule has 1 N–H and O–H groups in total. The van der Waals surface area contributed by atoms with Gasteiger partial charge in [-0.15, -0.1) is 24.0 Å². The van der Waals surface area contributed by atoms with Crippen molar-refractivity contribution < 1.29 is 8.42 Å². The molecule has 0 fully saturated rings. The molecule has 0 aliphatic rings. The third-order valence-electron chi connectivity index (χ3n) is 3.92. The van der Waals surface area contributed by atoms with Crippen molar-refractivity contribution in [3.63, 3.8) is 0 Å². The number of hydrogen-bond acceptors (Lipinski definition) is 4. The molecule has 0 amide bonds. The number of hydrogen-bond donors (Lipinski definition) is 1. The predicted octanol–water partition coefficient (Wildman–Crippen LogP) is 3.63. The largest absolute Gasteiger partial charge is 0.352 e. The first-order chi connectivity index (χ1) is 12.0. The summed E-state index contributed by atoms with van der Waals surface area (Å²) in [5.74, 6) is 0.736. The van der Waals surface area contributed by atoms with Crippen LogP contribution in [0.5, 0.6) is 0 Å². The van der Waals surface area contributed by atoms with Gasteiger partial charge in [0.25, 0.3) is 0 Å². The number of sulfone groups is 1. The van der Waals surface area contributed by atoms with Gasteiger partial charge in [-0.1, -0.05) is 25.1 Å². The molecule has 1 heterocycles. The molecule has 8 heteroatoms. The monoisotopic (exact) mass is 507 g/mol. The van der Waals surface area contributed by atoms with Gasteiger partial charge in [0, 0.05) is 26.7 Å². The van der Waals surface area contributed by atoms with Crippen LogP contribution in [0.25, 0.3) is 0 Å². The van der Waals surface area contributed by atoms with Gasteiger partial charge in [-0.3, -0.25) is 4.99 Å². The van der Waals surface area contributed by atoms with E-state index >= 15 is 0 Å². The summed E-state index contributed by atoms with van der Waals surface area (Å²) in [6.45, 7) is 2.70. The van der Waals surface area contributed by atoms with Crippen molar-refractivity contribution in [1.29, 1.82) is 0 Å². The highest BCUT2D eigenvalue weighted by molar-refractivity contribution is 14.0. The average Bonchev–Trinajstić information content (AvgIpc) is 3.12. The van der Waals surface area contributed by atoms with Gasteiger partial charge in [0.05, 0.1) is 10.6 Å². The van der Waals surface area contributed by atoms with Crippen molar-refractivity contribution in [3.8, 4) is 0 Å². The Labute approximate surface area is 177 Å². The standard InChI is InChI=1S/C18H25N3O2S2.HI/c1-4-16(14-25(22,23)17-8-6-5-7-9-17)20-18(19-2)21(3)12-15-10-11-24-13-15;/h5-11,13,16H,4,12,14H2,1-3H3,(H,19,20);1H. The van der Waals surface area contributed by atoms with Crippen LogP contribution in [0.3, 0.4) is 0 Å². The Bertz CT molecular complexity index is 778. The summed E-state index contributed by atoms with van der Waals surface area (Å²) in [5, 5.41) is 7.43. The molecule has 2 aromatic rings. The van der Waals surface area contributed by atoms with Gasteiger partial charge < -0.3 is 10.2 Å². The molecule has 0 spiro atoms. The van der Waals surface area contributed by atoms with Crippen molar-refractivity contribution in [2.45, 2.75) is 30.8 Å². The molecule has 0 saturated carbocycles. The van der Waals surface area contributed by atoms with E-state index in [0.717, 1.165) is 6.54 Å². The molecule has 5 nitrogen and oxygen atoms in total. The minimum atomic E-state index is -3.34. The Morgan fingerprint density at radius 2 is 1.96 bits per heavy atom. The summed E-state index contributed by atoms with van der Waals surface area (Å²) in [7, 11) is 0.328. The van der Waals surface area contributed by atoms with Crippen molar-refractivity contribution in [1.82, 2.24) is 10.2 Å². The smallest absolute Gasteiger partial charge is 0.193 e. The van der Waals surface area contributed by atoms with Crippen molar-refractivity contribution >= 4 is 51.1 Å². The van der Waals surface area contributed by atoms with Crippen LogP contribution >= 0.6 is 35.3 Å². The molecule has 1 atom stereocenters. The van der Waals surface area contributed by atoms with Gasteiger partial charge in [0.15, 0.2) is 15.8 Å². The van der Waals surface area contributed by atoms with Crippen molar-refractivity contribution in [2.24, 2.45) is 4.99 Å². The van der Waals surface area contributed by atoms with Gasteiger partial charge >= 0.3 is 0 Å². The van der Waals surface area contributed by atoms with Crippen LogP contribution in [0.2, 0.25) is 0 Å². The zero-order valence-electron chi connectivity index (χ0n) is 15.3. The maximum Gasteiger partial charge on any atom is 0.193 e.